The van der Waals surface area contributed by atoms with E-state index in [0.29, 0.717) is 0 Å². The van der Waals surface area contributed by atoms with Crippen molar-refractivity contribution in [1.29, 1.82) is 0 Å². The molecule has 0 heterocycles. The summed E-state index contributed by atoms with van der Waals surface area (Å²) in [7, 11) is 0. The van der Waals surface area contributed by atoms with Crippen LogP contribution in [0.1, 0.15) is 43.0 Å². The summed E-state index contributed by atoms with van der Waals surface area (Å²) in [5.74, 6) is 0. The molecule has 1 nitrogen and oxygen atoms in total. The SMILES string of the molecule is CCCNC(c1ccc(CC)cc1)c1ccc(Cl)cc1Br. The zero-order valence-corrected chi connectivity index (χ0v) is 14.8. The van der Waals surface area contributed by atoms with E-state index in [-0.39, 0.29) is 6.04 Å². The smallest absolute Gasteiger partial charge is 0.0587 e. The molecule has 0 amide bonds. The fourth-order valence-corrected chi connectivity index (χ4v) is 3.29. The monoisotopic (exact) mass is 365 g/mol. The van der Waals surface area contributed by atoms with E-state index >= 15 is 0 Å². The Kier molecular flexibility index (Phi) is 6.28. The number of benzene rings is 2. The molecule has 0 radical (unpaired) electrons. The van der Waals surface area contributed by atoms with Crippen molar-refractivity contribution in [1.82, 2.24) is 5.32 Å². The summed E-state index contributed by atoms with van der Waals surface area (Å²) in [5.41, 5.74) is 3.86. The number of hydrogen-bond donors (Lipinski definition) is 1. The Morgan fingerprint density at radius 1 is 1.10 bits per heavy atom. The van der Waals surface area contributed by atoms with Crippen LogP contribution in [-0.2, 0) is 6.42 Å². The third kappa shape index (κ3) is 4.32. The van der Waals surface area contributed by atoms with Crippen LogP contribution in [0.15, 0.2) is 46.9 Å². The van der Waals surface area contributed by atoms with Gasteiger partial charge in [-0.3, -0.25) is 0 Å². The largest absolute Gasteiger partial charge is 0.306 e. The number of halogens is 2. The van der Waals surface area contributed by atoms with E-state index in [1.165, 1.54) is 16.7 Å². The van der Waals surface area contributed by atoms with Gasteiger partial charge in [-0.15, -0.1) is 0 Å². The number of hydrogen-bond acceptors (Lipinski definition) is 1. The van der Waals surface area contributed by atoms with Crippen LogP contribution in [0, 0.1) is 0 Å². The highest BCUT2D eigenvalue weighted by atomic mass is 79.9. The van der Waals surface area contributed by atoms with Crippen molar-refractivity contribution in [3.63, 3.8) is 0 Å². The quantitative estimate of drug-likeness (QED) is 0.686. The van der Waals surface area contributed by atoms with E-state index in [9.17, 15) is 0 Å². The van der Waals surface area contributed by atoms with E-state index < -0.39 is 0 Å². The molecule has 2 rings (SSSR count). The van der Waals surface area contributed by atoms with E-state index in [1.54, 1.807) is 0 Å². The fourth-order valence-electron chi connectivity index (χ4n) is 2.38. The summed E-state index contributed by atoms with van der Waals surface area (Å²) in [6, 6.07) is 15.0. The summed E-state index contributed by atoms with van der Waals surface area (Å²) in [6.45, 7) is 5.34. The molecule has 0 aromatic heterocycles. The van der Waals surface area contributed by atoms with Crippen LogP contribution in [-0.4, -0.2) is 6.54 Å². The summed E-state index contributed by atoms with van der Waals surface area (Å²) in [4.78, 5) is 0. The number of nitrogens with one attached hydrogen (secondary N) is 1. The van der Waals surface area contributed by atoms with Crippen molar-refractivity contribution in [2.45, 2.75) is 32.7 Å². The zero-order valence-electron chi connectivity index (χ0n) is 12.5. The Morgan fingerprint density at radius 3 is 2.38 bits per heavy atom. The lowest BCUT2D eigenvalue weighted by Crippen LogP contribution is -2.23. The maximum absolute atomic E-state index is 6.06. The molecule has 2 aromatic rings. The molecule has 0 fully saturated rings. The molecule has 0 aliphatic carbocycles. The normalized spacial score (nSPS) is 12.4. The summed E-state index contributed by atoms with van der Waals surface area (Å²) < 4.78 is 1.04. The van der Waals surface area contributed by atoms with Crippen LogP contribution in [0.2, 0.25) is 5.02 Å². The van der Waals surface area contributed by atoms with E-state index in [4.69, 9.17) is 11.6 Å². The highest BCUT2D eigenvalue weighted by Crippen LogP contribution is 2.31. The first-order valence-corrected chi connectivity index (χ1v) is 8.60. The molecule has 0 aliphatic heterocycles. The molecule has 0 saturated carbocycles. The van der Waals surface area contributed by atoms with Gasteiger partial charge < -0.3 is 5.32 Å². The molecule has 1 atom stereocenters. The van der Waals surface area contributed by atoms with Gasteiger partial charge in [0.15, 0.2) is 0 Å². The Bertz CT molecular complexity index is 580. The van der Waals surface area contributed by atoms with Gasteiger partial charge in [-0.25, -0.2) is 0 Å². The van der Waals surface area contributed by atoms with Crippen LogP contribution < -0.4 is 5.32 Å². The topological polar surface area (TPSA) is 12.0 Å². The van der Waals surface area contributed by atoms with Crippen molar-refractivity contribution >= 4 is 27.5 Å². The molecule has 0 spiro atoms. The molecule has 0 aliphatic rings. The molecular formula is C18H21BrClN. The maximum atomic E-state index is 6.06. The molecule has 0 saturated heterocycles. The van der Waals surface area contributed by atoms with E-state index in [0.717, 1.165) is 28.9 Å². The summed E-state index contributed by atoms with van der Waals surface area (Å²) >= 11 is 9.70. The number of rotatable bonds is 6. The van der Waals surface area contributed by atoms with E-state index in [2.05, 4.69) is 65.4 Å². The lowest BCUT2D eigenvalue weighted by Gasteiger charge is -2.21. The first kappa shape index (κ1) is 16.5. The van der Waals surface area contributed by atoms with Crippen molar-refractivity contribution in [2.75, 3.05) is 6.54 Å². The van der Waals surface area contributed by atoms with Crippen molar-refractivity contribution in [3.8, 4) is 0 Å². The van der Waals surface area contributed by atoms with Crippen LogP contribution in [0.3, 0.4) is 0 Å². The Balaban J connectivity index is 2.36. The molecule has 3 heteroatoms. The summed E-state index contributed by atoms with van der Waals surface area (Å²) in [6.07, 6.45) is 2.17. The predicted octanol–water partition coefficient (Wildman–Crippen LogP) is 5.75. The number of aryl methyl sites for hydroxylation is 1. The second-order valence-electron chi connectivity index (χ2n) is 5.15. The first-order valence-electron chi connectivity index (χ1n) is 7.42. The second kappa shape index (κ2) is 7.98. The Hall–Kier alpha value is -0.830. The van der Waals surface area contributed by atoms with Crippen molar-refractivity contribution in [2.24, 2.45) is 0 Å². The van der Waals surface area contributed by atoms with Crippen LogP contribution >= 0.6 is 27.5 Å². The van der Waals surface area contributed by atoms with Gasteiger partial charge in [0, 0.05) is 9.50 Å². The van der Waals surface area contributed by atoms with Crippen LogP contribution in [0.25, 0.3) is 0 Å². The minimum absolute atomic E-state index is 0.183. The predicted molar refractivity (Wildman–Crippen MR) is 95.1 cm³/mol. The third-order valence-corrected chi connectivity index (χ3v) is 4.52. The third-order valence-electron chi connectivity index (χ3n) is 3.59. The molecule has 1 N–H and O–H groups in total. The molecule has 2 aromatic carbocycles. The van der Waals surface area contributed by atoms with Crippen LogP contribution in [0.5, 0.6) is 0 Å². The average Bonchev–Trinajstić information content (AvgIpc) is 2.50. The lowest BCUT2D eigenvalue weighted by molar-refractivity contribution is 0.597. The Morgan fingerprint density at radius 2 is 1.81 bits per heavy atom. The van der Waals surface area contributed by atoms with Gasteiger partial charge in [0.05, 0.1) is 6.04 Å². The lowest BCUT2D eigenvalue weighted by atomic mass is 9.97. The second-order valence-corrected chi connectivity index (χ2v) is 6.44. The van der Waals surface area contributed by atoms with Gasteiger partial charge in [-0.1, -0.05) is 71.7 Å². The van der Waals surface area contributed by atoms with Crippen molar-refractivity contribution < 1.29 is 0 Å². The van der Waals surface area contributed by atoms with Gasteiger partial charge in [-0.2, -0.15) is 0 Å². The van der Waals surface area contributed by atoms with E-state index in [1.807, 2.05) is 12.1 Å². The van der Waals surface area contributed by atoms with Gasteiger partial charge in [-0.05, 0) is 48.2 Å². The zero-order chi connectivity index (χ0) is 15.2. The van der Waals surface area contributed by atoms with Crippen LogP contribution in [0.4, 0.5) is 0 Å². The molecular weight excluding hydrogens is 346 g/mol. The highest BCUT2D eigenvalue weighted by Gasteiger charge is 2.16. The highest BCUT2D eigenvalue weighted by molar-refractivity contribution is 9.10. The van der Waals surface area contributed by atoms with Gasteiger partial charge in [0.1, 0.15) is 0 Å². The standard InChI is InChI=1S/C18H21BrClN/c1-3-11-21-18(14-7-5-13(4-2)6-8-14)16-10-9-15(20)12-17(16)19/h5-10,12,18,21H,3-4,11H2,1-2H3. The van der Waals surface area contributed by atoms with Gasteiger partial charge >= 0.3 is 0 Å². The molecule has 0 bridgehead atoms. The van der Waals surface area contributed by atoms with Gasteiger partial charge in [0.2, 0.25) is 0 Å². The van der Waals surface area contributed by atoms with Gasteiger partial charge in [0.25, 0.3) is 0 Å². The molecule has 21 heavy (non-hydrogen) atoms. The summed E-state index contributed by atoms with van der Waals surface area (Å²) in [5, 5.41) is 4.38. The molecule has 112 valence electrons. The minimum Gasteiger partial charge on any atom is -0.306 e. The average molecular weight is 367 g/mol. The van der Waals surface area contributed by atoms with Crippen molar-refractivity contribution in [3.05, 3.63) is 68.7 Å². The maximum Gasteiger partial charge on any atom is 0.0587 e. The minimum atomic E-state index is 0.183. The Labute approximate surface area is 140 Å². The molecule has 1 unspecified atom stereocenters. The first-order chi connectivity index (χ1) is 10.2. The fraction of sp³-hybridized carbons (Fsp3) is 0.333.